The average Bonchev–Trinajstić information content (AvgIpc) is 0. The van der Waals surface area contributed by atoms with E-state index >= 15 is 0 Å². The zero-order valence-electron chi connectivity index (χ0n) is 5.67. The van der Waals surface area contributed by atoms with Crippen molar-refractivity contribution in [3.63, 3.8) is 0 Å². The summed E-state index contributed by atoms with van der Waals surface area (Å²) in [6.07, 6.45) is 0. The van der Waals surface area contributed by atoms with Gasteiger partial charge in [-0.15, -0.1) is 0 Å². The third-order valence-electron chi connectivity index (χ3n) is 0. The smallest absolute Gasteiger partial charge is 0 e. The molecule has 0 aliphatic heterocycles. The second-order valence-corrected chi connectivity index (χ2v) is 0. The van der Waals surface area contributed by atoms with E-state index in [2.05, 4.69) is 0 Å². The predicted molar refractivity (Wildman–Crippen MR) is 30.8 cm³/mol. The molecule has 0 bridgehead atoms. The van der Waals surface area contributed by atoms with Crippen molar-refractivity contribution in [3.05, 3.63) is 0 Å². The summed E-state index contributed by atoms with van der Waals surface area (Å²) in [5.74, 6) is 0. The van der Waals surface area contributed by atoms with Gasteiger partial charge in [-0.1, -0.05) is 0 Å². The third-order valence-corrected chi connectivity index (χ3v) is 0. The molecule has 0 atom stereocenters. The van der Waals surface area contributed by atoms with Gasteiger partial charge < -0.3 is 49.3 Å². The van der Waals surface area contributed by atoms with E-state index in [1.54, 1.807) is 0 Å². The van der Waals surface area contributed by atoms with Crippen LogP contribution < -0.4 is 0 Å². The van der Waals surface area contributed by atoms with Crippen molar-refractivity contribution in [2.24, 2.45) is 0 Å². The molecule has 0 fully saturated rings. The second kappa shape index (κ2) is 599. The van der Waals surface area contributed by atoms with Gasteiger partial charge in [0, 0.05) is 63.2 Å². The number of hydrogen-bond acceptors (Lipinski definition) is 1. The first kappa shape index (κ1) is 761. The van der Waals surface area contributed by atoms with Crippen LogP contribution in [0, 0.1) is 0 Å². The monoisotopic (exact) mass is 713 g/mol. The zero-order chi connectivity index (χ0) is 0. The van der Waals surface area contributed by atoms with Gasteiger partial charge in [0.2, 0.25) is 0 Å². The van der Waals surface area contributed by atoms with E-state index in [1.165, 1.54) is 0 Å². The minimum Gasteiger partial charge on any atom is -0.870 e. The molecule has 0 aromatic carbocycles. The molecule has 0 aromatic heterocycles. The van der Waals surface area contributed by atoms with Gasteiger partial charge in [0.25, 0.3) is 0 Å². The van der Waals surface area contributed by atoms with Crippen molar-refractivity contribution >= 4 is 0 Å². The fourth-order valence-electron chi connectivity index (χ4n) is 0. The van der Waals surface area contributed by atoms with Crippen molar-refractivity contribution in [2.75, 3.05) is 0 Å². The first-order valence-electron chi connectivity index (χ1n) is 0. The van der Waals surface area contributed by atoms with Crippen molar-refractivity contribution in [3.8, 4) is 0 Å². The predicted octanol–water partition coefficient (Wildman–Crippen LogP) is -6.78. The van der Waals surface area contributed by atoms with E-state index in [-0.39, 0.29) is 112 Å². The minimum absolute atomic E-state index is 0. The SMILES string of the molecule is O.O.O.O.O.O.O.O.[OH-].[W].[W].[W]. The summed E-state index contributed by atoms with van der Waals surface area (Å²) in [4.78, 5) is 0. The van der Waals surface area contributed by atoms with Gasteiger partial charge in [-0.05, 0) is 0 Å². The van der Waals surface area contributed by atoms with Crippen molar-refractivity contribution < 1.29 is 112 Å². The Morgan fingerprint density at radius 3 is 0.250 bits per heavy atom. The normalized spacial score (nSPS) is 0. The molecule has 0 spiro atoms. The Hall–Kier alpha value is 1.70. The molecule has 0 saturated carbocycles. The largest absolute Gasteiger partial charge is 0.870 e. The summed E-state index contributed by atoms with van der Waals surface area (Å²) < 4.78 is 0. The van der Waals surface area contributed by atoms with E-state index < -0.39 is 0 Å². The minimum atomic E-state index is 0. The molecule has 0 heterocycles. The zero-order valence-corrected chi connectivity index (χ0v) is 14.5. The molecule has 0 unspecified atom stereocenters. The van der Waals surface area contributed by atoms with Gasteiger partial charge in [-0.3, -0.25) is 0 Å². The van der Waals surface area contributed by atoms with Gasteiger partial charge in [-0.25, -0.2) is 0 Å². The first-order valence-corrected chi connectivity index (χ1v) is 0. The fourth-order valence-corrected chi connectivity index (χ4v) is 0. The second-order valence-electron chi connectivity index (χ2n) is 0. The summed E-state index contributed by atoms with van der Waals surface area (Å²) in [5, 5.41) is 0. The average molecular weight is 713 g/mol. The maximum Gasteiger partial charge on any atom is 0 e. The molecule has 0 aromatic rings. The van der Waals surface area contributed by atoms with Crippen molar-refractivity contribution in [2.45, 2.75) is 0 Å². The summed E-state index contributed by atoms with van der Waals surface area (Å²) >= 11 is 0. The van der Waals surface area contributed by atoms with E-state index in [9.17, 15) is 0 Å². The molecule has 90 valence electrons. The number of hydrogen-bond donors (Lipinski definition) is 0. The van der Waals surface area contributed by atoms with Crippen LogP contribution in [0.25, 0.3) is 0 Å². The Morgan fingerprint density at radius 2 is 0.250 bits per heavy atom. The Labute approximate surface area is 112 Å². The molecular weight excluding hydrogens is 696 g/mol. The van der Waals surface area contributed by atoms with Gasteiger partial charge in [0.1, 0.15) is 0 Å². The maximum absolute atomic E-state index is 0. The molecule has 0 amide bonds. The third kappa shape index (κ3) is 461. The van der Waals surface area contributed by atoms with Crippen LogP contribution >= 0.6 is 0 Å². The molecule has 0 aliphatic rings. The van der Waals surface area contributed by atoms with Crippen LogP contribution in [0.5, 0.6) is 0 Å². The van der Waals surface area contributed by atoms with E-state index in [0.717, 1.165) is 0 Å². The Morgan fingerprint density at radius 1 is 0.250 bits per heavy atom. The van der Waals surface area contributed by atoms with Crippen LogP contribution in [0.1, 0.15) is 0 Å². The fraction of sp³-hybridized carbons (Fsp3) is 0. The van der Waals surface area contributed by atoms with Crippen LogP contribution in [0.4, 0.5) is 0 Å². The molecule has 9 nitrogen and oxygen atoms in total. The molecule has 0 aliphatic carbocycles. The van der Waals surface area contributed by atoms with Crippen molar-refractivity contribution in [1.82, 2.24) is 0 Å². The van der Waals surface area contributed by atoms with Gasteiger partial charge in [-0.2, -0.15) is 0 Å². The standard InChI is InChI=1S/9H2O.3W/h9*1H2;;;/p-1. The van der Waals surface area contributed by atoms with Crippen molar-refractivity contribution in [1.29, 1.82) is 0 Å². The Kier molecular flexibility index (Phi) is 38000. The van der Waals surface area contributed by atoms with Crippen LogP contribution in [-0.2, 0) is 63.2 Å². The molecule has 0 radical (unpaired) electrons. The van der Waals surface area contributed by atoms with Crippen LogP contribution in [-0.4, -0.2) is 49.3 Å². The van der Waals surface area contributed by atoms with E-state index in [0.29, 0.717) is 0 Å². The molecular formula is H17O9W3-. The van der Waals surface area contributed by atoms with Crippen LogP contribution in [0.15, 0.2) is 0 Å². The van der Waals surface area contributed by atoms with Gasteiger partial charge in [0.15, 0.2) is 0 Å². The molecule has 12 heavy (non-hydrogen) atoms. The van der Waals surface area contributed by atoms with Crippen LogP contribution in [0.3, 0.4) is 0 Å². The molecule has 0 saturated heterocycles. The molecule has 12 heteroatoms. The summed E-state index contributed by atoms with van der Waals surface area (Å²) in [6.45, 7) is 0. The van der Waals surface area contributed by atoms with Gasteiger partial charge >= 0.3 is 0 Å². The van der Waals surface area contributed by atoms with E-state index in [1.807, 2.05) is 0 Å². The molecule has 0 rings (SSSR count). The first-order chi connectivity index (χ1) is 0. The quantitative estimate of drug-likeness (QED) is 0.233. The maximum atomic E-state index is 0. The van der Waals surface area contributed by atoms with Gasteiger partial charge in [0.05, 0.1) is 0 Å². The molecule has 17 N–H and O–H groups in total. The summed E-state index contributed by atoms with van der Waals surface area (Å²) in [7, 11) is 0. The summed E-state index contributed by atoms with van der Waals surface area (Å²) in [6, 6.07) is 0. The topological polar surface area (TPSA) is 282 Å². The number of rotatable bonds is 0. The van der Waals surface area contributed by atoms with E-state index in [4.69, 9.17) is 0 Å². The Balaban J connectivity index is 0. The van der Waals surface area contributed by atoms with Crippen LogP contribution in [0.2, 0.25) is 0 Å². The summed E-state index contributed by atoms with van der Waals surface area (Å²) in [5.41, 5.74) is 0. The Bertz CT molecular complexity index is 9.74.